The quantitative estimate of drug-likeness (QED) is 0.455. The monoisotopic (exact) mass is 468 g/mol. The second-order valence-corrected chi connectivity index (χ2v) is 8.97. The van der Waals surface area contributed by atoms with Crippen LogP contribution in [-0.2, 0) is 4.74 Å². The Morgan fingerprint density at radius 3 is 2.46 bits per heavy atom. The van der Waals surface area contributed by atoms with E-state index in [1.54, 1.807) is 6.20 Å². The predicted octanol–water partition coefficient (Wildman–Crippen LogP) is 4.17. The summed E-state index contributed by atoms with van der Waals surface area (Å²) >= 11 is 0. The highest BCUT2D eigenvalue weighted by Crippen LogP contribution is 2.29. The van der Waals surface area contributed by atoms with Crippen LogP contribution < -0.4 is 20.7 Å². The molecule has 2 N–H and O–H groups in total. The molecule has 2 aliphatic heterocycles. The maximum absolute atomic E-state index is 12.7. The number of hydrogen-bond donors (Lipinski definition) is 2. The minimum atomic E-state index is -0.173. The molecule has 0 radical (unpaired) electrons. The van der Waals surface area contributed by atoms with Crippen molar-refractivity contribution in [2.75, 3.05) is 54.5 Å². The number of morpholine rings is 1. The number of ether oxygens (including phenoxy) is 1. The van der Waals surface area contributed by atoms with Gasteiger partial charge < -0.3 is 24.8 Å². The van der Waals surface area contributed by atoms with Gasteiger partial charge >= 0.3 is 0 Å². The molecule has 8 heteroatoms. The van der Waals surface area contributed by atoms with E-state index in [0.29, 0.717) is 11.2 Å². The average molecular weight is 469 g/mol. The van der Waals surface area contributed by atoms with Gasteiger partial charge in [0.1, 0.15) is 11.6 Å². The SMILES string of the molecule is O=c1[nH]ccc2cc(-c3cccc(N4CCCC4)n3)nc(Nc3ccc(N4CCOCC4)cc3)c12. The standard InChI is InChI=1S/C27H28N6O2/c34-27-25-19(10-11-28-27)18-23(22-4-3-5-24(30-22)33-12-1-2-13-33)31-26(25)29-20-6-8-21(9-7-20)32-14-16-35-17-15-32/h3-11,18H,1-2,12-17H2,(H,28,34)(H,29,31). The first-order valence-corrected chi connectivity index (χ1v) is 12.2. The van der Waals surface area contributed by atoms with Crippen LogP contribution in [0.1, 0.15) is 12.8 Å². The third-order valence-corrected chi connectivity index (χ3v) is 6.69. The molecule has 0 atom stereocenters. The minimum absolute atomic E-state index is 0.173. The van der Waals surface area contributed by atoms with Crippen LogP contribution in [0.15, 0.2) is 65.6 Å². The highest BCUT2D eigenvalue weighted by Gasteiger charge is 2.17. The van der Waals surface area contributed by atoms with E-state index in [-0.39, 0.29) is 5.56 Å². The molecule has 0 saturated carbocycles. The molecule has 4 aromatic rings. The maximum atomic E-state index is 12.7. The largest absolute Gasteiger partial charge is 0.378 e. The van der Waals surface area contributed by atoms with Gasteiger partial charge in [-0.2, -0.15) is 0 Å². The van der Waals surface area contributed by atoms with Gasteiger partial charge in [0, 0.05) is 43.8 Å². The molecular weight excluding hydrogens is 440 g/mol. The summed E-state index contributed by atoms with van der Waals surface area (Å²) in [5.74, 6) is 1.49. The van der Waals surface area contributed by atoms with Crippen LogP contribution in [-0.4, -0.2) is 54.3 Å². The predicted molar refractivity (Wildman–Crippen MR) is 140 cm³/mol. The van der Waals surface area contributed by atoms with Crippen LogP contribution >= 0.6 is 0 Å². The molecule has 0 amide bonds. The van der Waals surface area contributed by atoms with Crippen LogP contribution in [0.2, 0.25) is 0 Å². The number of H-pyrrole nitrogens is 1. The van der Waals surface area contributed by atoms with Gasteiger partial charge in [0.2, 0.25) is 0 Å². The number of hydrogen-bond acceptors (Lipinski definition) is 7. The van der Waals surface area contributed by atoms with Crippen molar-refractivity contribution < 1.29 is 4.74 Å². The Morgan fingerprint density at radius 1 is 0.857 bits per heavy atom. The molecule has 8 nitrogen and oxygen atoms in total. The van der Waals surface area contributed by atoms with E-state index in [9.17, 15) is 4.79 Å². The molecule has 1 aromatic carbocycles. The number of rotatable bonds is 5. The lowest BCUT2D eigenvalue weighted by molar-refractivity contribution is 0.122. The van der Waals surface area contributed by atoms with Gasteiger partial charge in [0.25, 0.3) is 5.56 Å². The first-order valence-electron chi connectivity index (χ1n) is 12.2. The van der Waals surface area contributed by atoms with Gasteiger partial charge in [-0.1, -0.05) is 6.07 Å². The van der Waals surface area contributed by atoms with E-state index in [2.05, 4.69) is 38.3 Å². The lowest BCUT2D eigenvalue weighted by Gasteiger charge is -2.28. The molecular formula is C27H28N6O2. The highest BCUT2D eigenvalue weighted by atomic mass is 16.5. The van der Waals surface area contributed by atoms with Gasteiger partial charge in [0.05, 0.1) is 30.0 Å². The molecule has 178 valence electrons. The summed E-state index contributed by atoms with van der Waals surface area (Å²) in [6, 6.07) is 18.1. The van der Waals surface area contributed by atoms with E-state index in [1.807, 2.05) is 36.4 Å². The Balaban J connectivity index is 1.36. The fraction of sp³-hybridized carbons (Fsp3) is 0.296. The number of aromatic nitrogens is 3. The zero-order valence-corrected chi connectivity index (χ0v) is 19.5. The van der Waals surface area contributed by atoms with Crippen molar-refractivity contribution in [1.29, 1.82) is 0 Å². The van der Waals surface area contributed by atoms with Crippen LogP contribution in [0.4, 0.5) is 23.0 Å². The van der Waals surface area contributed by atoms with Crippen molar-refractivity contribution in [3.63, 3.8) is 0 Å². The fourth-order valence-electron chi connectivity index (χ4n) is 4.84. The summed E-state index contributed by atoms with van der Waals surface area (Å²) in [6.45, 7) is 5.34. The molecule has 2 fully saturated rings. The van der Waals surface area contributed by atoms with Crippen LogP contribution in [0.25, 0.3) is 22.2 Å². The van der Waals surface area contributed by atoms with E-state index >= 15 is 0 Å². The molecule has 0 bridgehead atoms. The second kappa shape index (κ2) is 9.38. The summed E-state index contributed by atoms with van der Waals surface area (Å²) in [5.41, 5.74) is 3.38. The van der Waals surface area contributed by atoms with Crippen molar-refractivity contribution >= 4 is 33.8 Å². The summed E-state index contributed by atoms with van der Waals surface area (Å²) in [5, 5.41) is 4.74. The van der Waals surface area contributed by atoms with Crippen LogP contribution in [0.3, 0.4) is 0 Å². The highest BCUT2D eigenvalue weighted by molar-refractivity contribution is 5.95. The Morgan fingerprint density at radius 2 is 1.66 bits per heavy atom. The van der Waals surface area contributed by atoms with Crippen molar-refractivity contribution in [2.45, 2.75) is 12.8 Å². The number of anilines is 4. The summed E-state index contributed by atoms with van der Waals surface area (Å²) in [6.07, 6.45) is 4.06. The maximum Gasteiger partial charge on any atom is 0.259 e. The van der Waals surface area contributed by atoms with Crippen molar-refractivity contribution in [2.24, 2.45) is 0 Å². The number of fused-ring (bicyclic) bond motifs is 1. The van der Waals surface area contributed by atoms with E-state index in [1.165, 1.54) is 12.8 Å². The Labute approximate surface area is 203 Å². The number of pyridine rings is 3. The summed E-state index contributed by atoms with van der Waals surface area (Å²) in [4.78, 5) is 29.9. The molecule has 0 aliphatic carbocycles. The number of nitrogens with zero attached hydrogens (tertiary/aromatic N) is 4. The first kappa shape index (κ1) is 21.6. The zero-order valence-electron chi connectivity index (χ0n) is 19.5. The zero-order chi connectivity index (χ0) is 23.6. The van der Waals surface area contributed by atoms with E-state index in [4.69, 9.17) is 14.7 Å². The summed E-state index contributed by atoms with van der Waals surface area (Å²) < 4.78 is 5.46. The third-order valence-electron chi connectivity index (χ3n) is 6.69. The minimum Gasteiger partial charge on any atom is -0.378 e. The lowest BCUT2D eigenvalue weighted by atomic mass is 10.1. The lowest BCUT2D eigenvalue weighted by Crippen LogP contribution is -2.36. The molecule has 6 rings (SSSR count). The van der Waals surface area contributed by atoms with Crippen molar-refractivity contribution in [3.05, 3.63) is 71.1 Å². The molecule has 3 aromatic heterocycles. The second-order valence-electron chi connectivity index (χ2n) is 8.97. The normalized spacial score (nSPS) is 16.1. The van der Waals surface area contributed by atoms with Crippen LogP contribution in [0, 0.1) is 0 Å². The Hall–Kier alpha value is -3.91. The topological polar surface area (TPSA) is 86.4 Å². The molecule has 2 saturated heterocycles. The number of aromatic amines is 1. The van der Waals surface area contributed by atoms with Gasteiger partial charge in [-0.3, -0.25) is 4.79 Å². The smallest absolute Gasteiger partial charge is 0.259 e. The fourth-order valence-corrected chi connectivity index (χ4v) is 4.84. The van der Waals surface area contributed by atoms with E-state index in [0.717, 1.165) is 73.4 Å². The molecule has 0 unspecified atom stereocenters. The van der Waals surface area contributed by atoms with Crippen molar-refractivity contribution in [3.8, 4) is 11.4 Å². The number of nitrogens with one attached hydrogen (secondary N) is 2. The molecule has 5 heterocycles. The first-order chi connectivity index (χ1) is 17.2. The molecule has 0 spiro atoms. The van der Waals surface area contributed by atoms with Gasteiger partial charge in [-0.25, -0.2) is 9.97 Å². The average Bonchev–Trinajstić information content (AvgIpc) is 3.45. The molecule has 2 aliphatic rings. The molecule has 35 heavy (non-hydrogen) atoms. The van der Waals surface area contributed by atoms with Crippen molar-refractivity contribution in [1.82, 2.24) is 15.0 Å². The van der Waals surface area contributed by atoms with Gasteiger partial charge in [-0.15, -0.1) is 0 Å². The third kappa shape index (κ3) is 4.44. The van der Waals surface area contributed by atoms with Gasteiger partial charge in [0.15, 0.2) is 0 Å². The van der Waals surface area contributed by atoms with Gasteiger partial charge in [-0.05, 0) is 66.8 Å². The summed E-state index contributed by atoms with van der Waals surface area (Å²) in [7, 11) is 0. The Bertz CT molecular complexity index is 1390. The van der Waals surface area contributed by atoms with Crippen LogP contribution in [0.5, 0.6) is 0 Å². The Kier molecular flexibility index (Phi) is 5.79. The van der Waals surface area contributed by atoms with E-state index < -0.39 is 0 Å². The number of benzene rings is 1.